The van der Waals surface area contributed by atoms with Gasteiger partial charge in [-0.1, -0.05) is 35.5 Å². The average Bonchev–Trinajstić information content (AvgIpc) is 3.16. The van der Waals surface area contributed by atoms with Gasteiger partial charge in [0.05, 0.1) is 11.8 Å². The molecule has 7 heteroatoms. The molecule has 0 aliphatic heterocycles. The third-order valence-corrected chi connectivity index (χ3v) is 3.60. The van der Waals surface area contributed by atoms with Gasteiger partial charge in [0.15, 0.2) is 0 Å². The Balaban J connectivity index is 1.56. The van der Waals surface area contributed by atoms with Crippen LogP contribution in [0.3, 0.4) is 0 Å². The minimum absolute atomic E-state index is 0.154. The number of carbonyl (C=O) groups is 1. The van der Waals surface area contributed by atoms with Crippen LogP contribution >= 0.6 is 0 Å². The highest BCUT2D eigenvalue weighted by atomic mass is 16.5. The van der Waals surface area contributed by atoms with E-state index < -0.39 is 0 Å². The molecule has 1 amide bonds. The van der Waals surface area contributed by atoms with E-state index in [0.717, 1.165) is 11.3 Å². The number of aromatic nitrogens is 4. The summed E-state index contributed by atoms with van der Waals surface area (Å²) in [5.41, 5.74) is 2.30. The molecule has 0 saturated heterocycles. The summed E-state index contributed by atoms with van der Waals surface area (Å²) in [7, 11) is 1.80. The predicted molar refractivity (Wildman–Crippen MR) is 83.7 cm³/mol. The van der Waals surface area contributed by atoms with Crippen LogP contribution in [0.4, 0.5) is 0 Å². The van der Waals surface area contributed by atoms with Gasteiger partial charge in [-0.05, 0) is 6.92 Å². The number of aryl methyl sites for hydroxylation is 1. The Morgan fingerprint density at radius 3 is 2.78 bits per heavy atom. The fourth-order valence-corrected chi connectivity index (χ4v) is 2.16. The van der Waals surface area contributed by atoms with Crippen molar-refractivity contribution in [1.29, 1.82) is 0 Å². The largest absolute Gasteiger partial charge is 0.351 e. The fraction of sp³-hybridized carbons (Fsp3) is 0.250. The molecule has 1 N–H and O–H groups in total. The van der Waals surface area contributed by atoms with Crippen LogP contribution < -0.4 is 5.32 Å². The maximum atomic E-state index is 12.1. The van der Waals surface area contributed by atoms with Gasteiger partial charge in [-0.3, -0.25) is 9.48 Å². The van der Waals surface area contributed by atoms with Crippen LogP contribution in [0.1, 0.15) is 21.9 Å². The summed E-state index contributed by atoms with van der Waals surface area (Å²) < 4.78 is 6.87. The van der Waals surface area contributed by atoms with Gasteiger partial charge in [-0.25, -0.2) is 0 Å². The van der Waals surface area contributed by atoms with Crippen LogP contribution in [-0.2, 0) is 13.5 Å². The smallest absolute Gasteiger partial charge is 0.254 e. The molecule has 0 aliphatic rings. The van der Waals surface area contributed by atoms with Crippen molar-refractivity contribution in [3.8, 4) is 11.4 Å². The third-order valence-electron chi connectivity index (χ3n) is 3.60. The number of benzene rings is 1. The Bertz CT molecular complexity index is 807. The highest BCUT2D eigenvalue weighted by molar-refractivity contribution is 5.94. The molecule has 118 valence electrons. The number of amides is 1. The van der Waals surface area contributed by atoms with E-state index in [1.165, 1.54) is 0 Å². The van der Waals surface area contributed by atoms with Crippen molar-refractivity contribution in [3.63, 3.8) is 0 Å². The van der Waals surface area contributed by atoms with Gasteiger partial charge >= 0.3 is 0 Å². The Morgan fingerprint density at radius 1 is 1.30 bits per heavy atom. The monoisotopic (exact) mass is 311 g/mol. The van der Waals surface area contributed by atoms with Crippen molar-refractivity contribution < 1.29 is 9.32 Å². The highest BCUT2D eigenvalue weighted by Gasteiger charge is 2.13. The van der Waals surface area contributed by atoms with E-state index >= 15 is 0 Å². The van der Waals surface area contributed by atoms with Crippen molar-refractivity contribution in [1.82, 2.24) is 25.2 Å². The zero-order valence-corrected chi connectivity index (χ0v) is 13.0. The Morgan fingerprint density at radius 2 is 2.09 bits per heavy atom. The zero-order chi connectivity index (χ0) is 16.2. The molecule has 0 bridgehead atoms. The molecule has 0 spiro atoms. The second-order valence-corrected chi connectivity index (χ2v) is 5.15. The van der Waals surface area contributed by atoms with E-state index in [0.29, 0.717) is 30.2 Å². The van der Waals surface area contributed by atoms with Crippen molar-refractivity contribution in [2.24, 2.45) is 7.05 Å². The molecule has 3 aromatic rings. The van der Waals surface area contributed by atoms with E-state index in [1.54, 1.807) is 17.9 Å². The minimum atomic E-state index is -0.154. The first-order chi connectivity index (χ1) is 11.1. The lowest BCUT2D eigenvalue weighted by Gasteiger charge is -2.02. The van der Waals surface area contributed by atoms with Crippen LogP contribution in [0, 0.1) is 6.92 Å². The van der Waals surface area contributed by atoms with Crippen molar-refractivity contribution in [3.05, 3.63) is 53.7 Å². The molecule has 0 aliphatic carbocycles. The maximum absolute atomic E-state index is 12.1. The Hall–Kier alpha value is -2.96. The summed E-state index contributed by atoms with van der Waals surface area (Å²) in [6.45, 7) is 2.27. The Labute approximate surface area is 133 Å². The lowest BCUT2D eigenvalue weighted by Crippen LogP contribution is -2.26. The number of nitrogens with zero attached hydrogens (tertiary/aromatic N) is 4. The van der Waals surface area contributed by atoms with Gasteiger partial charge in [0.25, 0.3) is 5.91 Å². The number of carbonyl (C=O) groups excluding carboxylic acids is 1. The number of hydrogen-bond acceptors (Lipinski definition) is 5. The highest BCUT2D eigenvalue weighted by Crippen LogP contribution is 2.14. The fourth-order valence-electron chi connectivity index (χ4n) is 2.16. The van der Waals surface area contributed by atoms with Crippen LogP contribution in [-0.4, -0.2) is 32.4 Å². The van der Waals surface area contributed by atoms with Crippen LogP contribution in [0.15, 0.2) is 41.1 Å². The van der Waals surface area contributed by atoms with E-state index in [1.807, 2.05) is 37.3 Å². The van der Waals surface area contributed by atoms with Crippen molar-refractivity contribution in [2.45, 2.75) is 13.3 Å². The van der Waals surface area contributed by atoms with Gasteiger partial charge in [0.1, 0.15) is 0 Å². The molecule has 0 unspecified atom stereocenters. The van der Waals surface area contributed by atoms with Crippen molar-refractivity contribution >= 4 is 5.91 Å². The summed E-state index contributed by atoms with van der Waals surface area (Å²) in [5, 5.41) is 10.8. The summed E-state index contributed by atoms with van der Waals surface area (Å²) in [5.74, 6) is 0.889. The number of nitrogens with one attached hydrogen (secondary N) is 1. The first-order valence-electron chi connectivity index (χ1n) is 7.30. The van der Waals surface area contributed by atoms with Crippen molar-refractivity contribution in [2.75, 3.05) is 6.54 Å². The lowest BCUT2D eigenvalue weighted by molar-refractivity contribution is 0.0952. The summed E-state index contributed by atoms with van der Waals surface area (Å²) >= 11 is 0. The predicted octanol–water partition coefficient (Wildman–Crippen LogP) is 1.75. The summed E-state index contributed by atoms with van der Waals surface area (Å²) in [6.07, 6.45) is 2.04. The molecule has 7 nitrogen and oxygen atoms in total. The van der Waals surface area contributed by atoms with Gasteiger partial charge < -0.3 is 9.84 Å². The van der Waals surface area contributed by atoms with E-state index in [2.05, 4.69) is 20.6 Å². The molecule has 0 fully saturated rings. The quantitative estimate of drug-likeness (QED) is 0.776. The summed E-state index contributed by atoms with van der Waals surface area (Å²) in [6, 6.07) is 9.60. The molecule has 0 atom stereocenters. The minimum Gasteiger partial charge on any atom is -0.351 e. The number of rotatable bonds is 5. The molecule has 3 rings (SSSR count). The standard InChI is InChI=1S/C16H17N5O2/c1-11-13(10-18-21(11)2)16(22)17-9-8-14-19-15(20-23-14)12-6-4-3-5-7-12/h3-7,10H,8-9H2,1-2H3,(H,17,22). The molecular formula is C16H17N5O2. The SMILES string of the molecule is Cc1c(C(=O)NCCc2nc(-c3ccccc3)no2)cnn1C. The number of hydrogen-bond donors (Lipinski definition) is 1. The van der Waals surface area contributed by atoms with Gasteiger partial charge in [-0.15, -0.1) is 0 Å². The Kier molecular flexibility index (Phi) is 4.18. The lowest BCUT2D eigenvalue weighted by atomic mass is 10.2. The van der Waals surface area contributed by atoms with Crippen LogP contribution in [0.2, 0.25) is 0 Å². The molecular weight excluding hydrogens is 294 g/mol. The van der Waals surface area contributed by atoms with E-state index in [4.69, 9.17) is 4.52 Å². The molecule has 2 aromatic heterocycles. The van der Waals surface area contributed by atoms with Crippen LogP contribution in [0.25, 0.3) is 11.4 Å². The topological polar surface area (TPSA) is 85.8 Å². The first-order valence-corrected chi connectivity index (χ1v) is 7.30. The molecule has 23 heavy (non-hydrogen) atoms. The van der Waals surface area contributed by atoms with E-state index in [9.17, 15) is 4.79 Å². The molecule has 0 radical (unpaired) electrons. The maximum Gasteiger partial charge on any atom is 0.254 e. The first kappa shape index (κ1) is 15.0. The second kappa shape index (κ2) is 6.43. The molecule has 2 heterocycles. The average molecular weight is 311 g/mol. The summed E-state index contributed by atoms with van der Waals surface area (Å²) in [4.78, 5) is 16.4. The molecule has 1 aromatic carbocycles. The normalized spacial score (nSPS) is 10.7. The van der Waals surface area contributed by atoms with Gasteiger partial charge in [-0.2, -0.15) is 10.1 Å². The third kappa shape index (κ3) is 3.28. The second-order valence-electron chi connectivity index (χ2n) is 5.15. The molecule has 0 saturated carbocycles. The zero-order valence-electron chi connectivity index (χ0n) is 13.0. The van der Waals surface area contributed by atoms with Gasteiger partial charge in [0.2, 0.25) is 11.7 Å². The van der Waals surface area contributed by atoms with Gasteiger partial charge in [0, 0.05) is 31.3 Å². The van der Waals surface area contributed by atoms with E-state index in [-0.39, 0.29) is 5.91 Å². The van der Waals surface area contributed by atoms with Crippen LogP contribution in [0.5, 0.6) is 0 Å².